The summed E-state index contributed by atoms with van der Waals surface area (Å²) < 4.78 is 5.95. The Bertz CT molecular complexity index is 958. The van der Waals surface area contributed by atoms with E-state index in [2.05, 4.69) is 31.9 Å². The Morgan fingerprint density at radius 3 is 2.52 bits per heavy atom. The van der Waals surface area contributed by atoms with Crippen molar-refractivity contribution in [1.82, 2.24) is 10.6 Å². The summed E-state index contributed by atoms with van der Waals surface area (Å²) in [6, 6.07) is 12.1. The Balaban J connectivity index is 1.73. The fraction of sp³-hybridized carbons (Fsp3) is 0.261. The Hall–Kier alpha value is -3.13. The molecule has 1 atom stereocenters. The third kappa shape index (κ3) is 8.25. The van der Waals surface area contributed by atoms with Crippen LogP contribution in [0.4, 0.5) is 5.69 Å². The van der Waals surface area contributed by atoms with Crippen LogP contribution in [0.2, 0.25) is 0 Å². The Morgan fingerprint density at radius 1 is 1.13 bits per heavy atom. The summed E-state index contributed by atoms with van der Waals surface area (Å²) in [6.07, 6.45) is 3.13. The fourth-order valence-electron chi connectivity index (χ4n) is 2.61. The number of methoxy groups -OCH3 is 1. The molecule has 8 heteroatoms. The van der Waals surface area contributed by atoms with Crippen molar-refractivity contribution in [2.24, 2.45) is 0 Å². The quantitative estimate of drug-likeness (QED) is 0.472. The number of carbonyl (C=O) groups is 3. The van der Waals surface area contributed by atoms with Crippen LogP contribution in [0.3, 0.4) is 0 Å². The zero-order chi connectivity index (χ0) is 22.8. The highest BCUT2D eigenvalue weighted by molar-refractivity contribution is 9.10. The first-order chi connectivity index (χ1) is 14.8. The minimum absolute atomic E-state index is 0.121. The topological polar surface area (TPSA) is 96.5 Å². The molecule has 164 valence electrons. The van der Waals surface area contributed by atoms with Gasteiger partial charge in [0.15, 0.2) is 0 Å². The van der Waals surface area contributed by atoms with Gasteiger partial charge in [0, 0.05) is 29.2 Å². The van der Waals surface area contributed by atoms with Gasteiger partial charge >= 0.3 is 0 Å². The molecule has 7 nitrogen and oxygen atoms in total. The van der Waals surface area contributed by atoms with E-state index in [1.807, 2.05) is 37.3 Å². The number of carbonyl (C=O) groups excluding carboxylic acids is 3. The average molecular weight is 488 g/mol. The summed E-state index contributed by atoms with van der Waals surface area (Å²) in [5, 5.41) is 8.07. The smallest absolute Gasteiger partial charge is 0.244 e. The number of hydrogen-bond donors (Lipinski definition) is 3. The van der Waals surface area contributed by atoms with E-state index in [4.69, 9.17) is 4.74 Å². The molecule has 0 bridgehead atoms. The molecular formula is C23H26BrN3O4. The summed E-state index contributed by atoms with van der Waals surface area (Å²) in [5.74, 6) is -0.230. The molecule has 3 amide bonds. The van der Waals surface area contributed by atoms with Gasteiger partial charge in [-0.2, -0.15) is 0 Å². The second kappa shape index (κ2) is 11.9. The van der Waals surface area contributed by atoms with E-state index in [0.29, 0.717) is 0 Å². The first kappa shape index (κ1) is 24.1. The molecule has 0 saturated carbocycles. The van der Waals surface area contributed by atoms with Gasteiger partial charge in [0.25, 0.3) is 0 Å². The number of ether oxygens (including phenoxy) is 1. The van der Waals surface area contributed by atoms with Gasteiger partial charge in [0.05, 0.1) is 7.11 Å². The van der Waals surface area contributed by atoms with Crippen molar-refractivity contribution in [3.8, 4) is 5.75 Å². The lowest BCUT2D eigenvalue weighted by Crippen LogP contribution is -2.44. The molecule has 0 aliphatic heterocycles. The van der Waals surface area contributed by atoms with Crippen LogP contribution >= 0.6 is 15.9 Å². The third-order valence-electron chi connectivity index (χ3n) is 4.42. The zero-order valence-corrected chi connectivity index (χ0v) is 19.3. The SMILES string of the molecule is COc1ccc(/C=C/C(=O)NC(C)C(=O)NCCC(=O)Nc2cc(Br)ccc2C)cc1. The van der Waals surface area contributed by atoms with Crippen molar-refractivity contribution in [2.75, 3.05) is 19.0 Å². The maximum atomic E-state index is 12.2. The minimum atomic E-state index is -0.733. The van der Waals surface area contributed by atoms with Crippen LogP contribution in [0.25, 0.3) is 6.08 Å². The number of benzene rings is 2. The van der Waals surface area contributed by atoms with E-state index >= 15 is 0 Å². The summed E-state index contributed by atoms with van der Waals surface area (Å²) in [6.45, 7) is 3.65. The van der Waals surface area contributed by atoms with E-state index in [1.165, 1.54) is 6.08 Å². The molecule has 2 rings (SSSR count). The summed E-state index contributed by atoms with van der Waals surface area (Å²) in [5.41, 5.74) is 2.49. The molecule has 31 heavy (non-hydrogen) atoms. The van der Waals surface area contributed by atoms with Crippen LogP contribution < -0.4 is 20.7 Å². The van der Waals surface area contributed by atoms with Gasteiger partial charge < -0.3 is 20.7 Å². The fourth-order valence-corrected chi connectivity index (χ4v) is 2.97. The molecule has 0 radical (unpaired) electrons. The summed E-state index contributed by atoms with van der Waals surface area (Å²) in [7, 11) is 1.58. The molecule has 0 aliphatic carbocycles. The first-order valence-corrected chi connectivity index (χ1v) is 10.5. The van der Waals surface area contributed by atoms with Crippen molar-refractivity contribution in [1.29, 1.82) is 0 Å². The predicted molar refractivity (Wildman–Crippen MR) is 125 cm³/mol. The van der Waals surface area contributed by atoms with Crippen molar-refractivity contribution < 1.29 is 19.1 Å². The number of nitrogens with one attached hydrogen (secondary N) is 3. The van der Waals surface area contributed by atoms with E-state index in [9.17, 15) is 14.4 Å². The van der Waals surface area contributed by atoms with Crippen molar-refractivity contribution in [3.05, 3.63) is 64.1 Å². The Morgan fingerprint density at radius 2 is 1.84 bits per heavy atom. The molecule has 0 aromatic heterocycles. The maximum Gasteiger partial charge on any atom is 0.244 e. The van der Waals surface area contributed by atoms with Gasteiger partial charge in [-0.1, -0.05) is 34.1 Å². The van der Waals surface area contributed by atoms with Crippen molar-refractivity contribution in [3.63, 3.8) is 0 Å². The zero-order valence-electron chi connectivity index (χ0n) is 17.7. The molecular weight excluding hydrogens is 462 g/mol. The normalized spacial score (nSPS) is 11.6. The second-order valence-corrected chi connectivity index (χ2v) is 7.80. The van der Waals surface area contributed by atoms with Gasteiger partial charge in [-0.3, -0.25) is 14.4 Å². The van der Waals surface area contributed by atoms with E-state index < -0.39 is 6.04 Å². The number of hydrogen-bond acceptors (Lipinski definition) is 4. The van der Waals surface area contributed by atoms with E-state index in [-0.39, 0.29) is 30.7 Å². The van der Waals surface area contributed by atoms with Gasteiger partial charge in [-0.05, 0) is 55.3 Å². The lowest BCUT2D eigenvalue weighted by molar-refractivity contribution is -0.126. The first-order valence-electron chi connectivity index (χ1n) is 9.75. The third-order valence-corrected chi connectivity index (χ3v) is 4.91. The highest BCUT2D eigenvalue weighted by Crippen LogP contribution is 2.20. The van der Waals surface area contributed by atoms with Crippen LogP contribution in [0, 0.1) is 6.92 Å². The Kier molecular flexibility index (Phi) is 9.27. The lowest BCUT2D eigenvalue weighted by Gasteiger charge is -2.13. The van der Waals surface area contributed by atoms with Crippen LogP contribution in [0.5, 0.6) is 5.75 Å². The number of rotatable bonds is 9. The monoisotopic (exact) mass is 487 g/mol. The highest BCUT2D eigenvalue weighted by atomic mass is 79.9. The van der Waals surface area contributed by atoms with Crippen LogP contribution in [-0.4, -0.2) is 37.4 Å². The second-order valence-electron chi connectivity index (χ2n) is 6.89. The molecule has 0 saturated heterocycles. The molecule has 0 aliphatic rings. The summed E-state index contributed by atoms with van der Waals surface area (Å²) in [4.78, 5) is 36.3. The summed E-state index contributed by atoms with van der Waals surface area (Å²) >= 11 is 3.37. The molecule has 3 N–H and O–H groups in total. The number of aryl methyl sites for hydroxylation is 1. The van der Waals surface area contributed by atoms with Crippen LogP contribution in [0.1, 0.15) is 24.5 Å². The Labute approximate surface area is 190 Å². The largest absolute Gasteiger partial charge is 0.497 e. The average Bonchev–Trinajstić information content (AvgIpc) is 2.75. The number of anilines is 1. The van der Waals surface area contributed by atoms with Crippen molar-refractivity contribution in [2.45, 2.75) is 26.3 Å². The van der Waals surface area contributed by atoms with E-state index in [0.717, 1.165) is 27.0 Å². The molecule has 0 spiro atoms. The molecule has 0 heterocycles. The number of amides is 3. The van der Waals surface area contributed by atoms with E-state index in [1.54, 1.807) is 32.2 Å². The van der Waals surface area contributed by atoms with Gasteiger partial charge in [0.2, 0.25) is 17.7 Å². The standard InChI is InChI=1S/C23H26BrN3O4/c1-15-4-8-18(24)14-20(15)27-22(29)12-13-25-23(30)16(2)26-21(28)11-7-17-5-9-19(31-3)10-6-17/h4-11,14,16H,12-13H2,1-3H3,(H,25,30)(H,26,28)(H,27,29)/b11-7+. The molecule has 1 unspecified atom stereocenters. The maximum absolute atomic E-state index is 12.2. The van der Waals surface area contributed by atoms with Gasteiger partial charge in [-0.15, -0.1) is 0 Å². The van der Waals surface area contributed by atoms with Gasteiger partial charge in [0.1, 0.15) is 11.8 Å². The minimum Gasteiger partial charge on any atom is -0.497 e. The molecule has 2 aromatic carbocycles. The van der Waals surface area contributed by atoms with Gasteiger partial charge in [-0.25, -0.2) is 0 Å². The predicted octanol–water partition coefficient (Wildman–Crippen LogP) is 3.43. The molecule has 2 aromatic rings. The highest BCUT2D eigenvalue weighted by Gasteiger charge is 2.14. The van der Waals surface area contributed by atoms with Crippen molar-refractivity contribution >= 4 is 45.4 Å². The van der Waals surface area contributed by atoms with Crippen LogP contribution in [0.15, 0.2) is 53.0 Å². The lowest BCUT2D eigenvalue weighted by atomic mass is 10.2. The number of halogens is 1. The van der Waals surface area contributed by atoms with Crippen LogP contribution in [-0.2, 0) is 14.4 Å². The molecule has 0 fully saturated rings.